The van der Waals surface area contributed by atoms with Crippen LogP contribution in [0.2, 0.25) is 0 Å². The van der Waals surface area contributed by atoms with Crippen LogP contribution in [0.4, 0.5) is 0 Å². The third-order valence-electron chi connectivity index (χ3n) is 3.92. The van der Waals surface area contributed by atoms with Crippen LogP contribution in [-0.2, 0) is 14.3 Å². The van der Waals surface area contributed by atoms with Crippen LogP contribution >= 0.6 is 0 Å². The lowest BCUT2D eigenvalue weighted by Crippen LogP contribution is -2.56. The Hall–Kier alpha value is -1.14. The molecule has 0 radical (unpaired) electrons. The second-order valence-electron chi connectivity index (χ2n) is 5.30. The van der Waals surface area contributed by atoms with Crippen molar-refractivity contribution in [1.29, 1.82) is 0 Å². The minimum absolute atomic E-state index is 0.0553. The van der Waals surface area contributed by atoms with Gasteiger partial charge in [-0.25, -0.2) is 4.79 Å². The van der Waals surface area contributed by atoms with E-state index in [1.54, 1.807) is 0 Å². The topological polar surface area (TPSA) is 87.7 Å². The summed E-state index contributed by atoms with van der Waals surface area (Å²) in [6.45, 7) is 1.52. The highest BCUT2D eigenvalue weighted by atomic mass is 16.5. The predicted molar refractivity (Wildman–Crippen MR) is 68.8 cm³/mol. The van der Waals surface area contributed by atoms with E-state index in [1.165, 1.54) is 0 Å². The molecule has 0 aromatic carbocycles. The summed E-state index contributed by atoms with van der Waals surface area (Å²) in [6, 6.07) is -1.20. The Kier molecular flexibility index (Phi) is 5.15. The van der Waals surface area contributed by atoms with Crippen LogP contribution in [0.3, 0.4) is 0 Å². The molecule has 3 N–H and O–H groups in total. The Morgan fingerprint density at radius 3 is 2.58 bits per heavy atom. The van der Waals surface area contributed by atoms with Gasteiger partial charge in [-0.2, -0.15) is 0 Å². The molecule has 0 aromatic heterocycles. The zero-order chi connectivity index (χ0) is 13.7. The van der Waals surface area contributed by atoms with Crippen LogP contribution in [-0.4, -0.2) is 48.8 Å². The third-order valence-corrected chi connectivity index (χ3v) is 3.92. The quantitative estimate of drug-likeness (QED) is 0.675. The van der Waals surface area contributed by atoms with Gasteiger partial charge in [0, 0.05) is 6.54 Å². The zero-order valence-corrected chi connectivity index (χ0v) is 11.1. The molecule has 0 spiro atoms. The van der Waals surface area contributed by atoms with Crippen molar-refractivity contribution in [2.45, 2.75) is 44.2 Å². The minimum atomic E-state index is -0.933. The lowest BCUT2D eigenvalue weighted by molar-refractivity contribution is -0.144. The van der Waals surface area contributed by atoms with Crippen molar-refractivity contribution >= 4 is 11.9 Å². The molecule has 1 amide bonds. The summed E-state index contributed by atoms with van der Waals surface area (Å²) in [5.74, 6) is -1.14. The number of nitrogens with one attached hydrogen (secondary N) is 2. The fraction of sp³-hybridized carbons (Fsp3) is 0.846. The van der Waals surface area contributed by atoms with Crippen molar-refractivity contribution in [1.82, 2.24) is 10.6 Å². The summed E-state index contributed by atoms with van der Waals surface area (Å²) in [4.78, 5) is 23.4. The van der Waals surface area contributed by atoms with E-state index in [9.17, 15) is 14.7 Å². The highest BCUT2D eigenvalue weighted by Crippen LogP contribution is 2.26. The number of hydrogen-bond donors (Lipinski definition) is 3. The normalized spacial score (nSPS) is 26.6. The second kappa shape index (κ2) is 6.86. The highest BCUT2D eigenvalue weighted by Gasteiger charge is 2.33. The Balaban J connectivity index is 1.91. The van der Waals surface area contributed by atoms with E-state index in [4.69, 9.17) is 4.74 Å². The molecule has 6 nitrogen and oxygen atoms in total. The van der Waals surface area contributed by atoms with Crippen molar-refractivity contribution in [3.05, 3.63) is 0 Å². The number of rotatable bonds is 4. The van der Waals surface area contributed by atoms with Crippen LogP contribution < -0.4 is 10.6 Å². The van der Waals surface area contributed by atoms with Crippen molar-refractivity contribution in [2.24, 2.45) is 5.92 Å². The van der Waals surface area contributed by atoms with Crippen LogP contribution in [0.25, 0.3) is 0 Å². The van der Waals surface area contributed by atoms with E-state index in [-0.39, 0.29) is 11.8 Å². The fourth-order valence-electron chi connectivity index (χ4n) is 2.84. The average molecular weight is 270 g/mol. The lowest BCUT2D eigenvalue weighted by Gasteiger charge is -2.30. The largest absolute Gasteiger partial charge is 0.480 e. The van der Waals surface area contributed by atoms with E-state index >= 15 is 0 Å². The SMILES string of the molecule is O=C(NC(C(=O)O)C1CCCCC1)C1COCCN1. The van der Waals surface area contributed by atoms with Gasteiger partial charge in [0.15, 0.2) is 0 Å². The monoisotopic (exact) mass is 270 g/mol. The summed E-state index contributed by atoms with van der Waals surface area (Å²) in [5.41, 5.74) is 0. The van der Waals surface area contributed by atoms with Crippen LogP contribution in [0.15, 0.2) is 0 Å². The second-order valence-corrected chi connectivity index (χ2v) is 5.30. The van der Waals surface area contributed by atoms with Crippen LogP contribution in [0.5, 0.6) is 0 Å². The number of carbonyl (C=O) groups is 2. The summed E-state index contributed by atoms with van der Waals surface area (Å²) in [6.07, 6.45) is 5.02. The fourth-order valence-corrected chi connectivity index (χ4v) is 2.84. The number of hydrogen-bond acceptors (Lipinski definition) is 4. The number of carboxylic acids is 1. The maximum absolute atomic E-state index is 12.0. The molecule has 1 saturated heterocycles. The standard InChI is InChI=1S/C13H22N2O4/c16-12(10-8-19-7-6-14-10)15-11(13(17)18)9-4-2-1-3-5-9/h9-11,14H,1-8H2,(H,15,16)(H,17,18). The average Bonchev–Trinajstić information content (AvgIpc) is 2.46. The smallest absolute Gasteiger partial charge is 0.326 e. The predicted octanol–water partition coefficient (Wildman–Crippen LogP) is 0.124. The minimum Gasteiger partial charge on any atom is -0.480 e. The molecular formula is C13H22N2O4. The highest BCUT2D eigenvalue weighted by molar-refractivity contribution is 5.87. The molecule has 19 heavy (non-hydrogen) atoms. The molecule has 0 bridgehead atoms. The first-order chi connectivity index (χ1) is 9.18. The first kappa shape index (κ1) is 14.3. The molecular weight excluding hydrogens is 248 g/mol. The van der Waals surface area contributed by atoms with Gasteiger partial charge in [-0.1, -0.05) is 19.3 Å². The molecule has 1 aliphatic carbocycles. The first-order valence-corrected chi connectivity index (χ1v) is 7.03. The Morgan fingerprint density at radius 2 is 2.00 bits per heavy atom. The van der Waals surface area contributed by atoms with Crippen molar-refractivity contribution in [3.8, 4) is 0 Å². The molecule has 2 atom stereocenters. The van der Waals surface area contributed by atoms with Crippen LogP contribution in [0.1, 0.15) is 32.1 Å². The maximum atomic E-state index is 12.0. The molecule has 2 fully saturated rings. The Bertz CT molecular complexity index is 323. The van der Waals surface area contributed by atoms with Gasteiger partial charge in [0.05, 0.1) is 13.2 Å². The van der Waals surface area contributed by atoms with Gasteiger partial charge in [0.25, 0.3) is 0 Å². The number of morpholine rings is 1. The molecule has 1 saturated carbocycles. The van der Waals surface area contributed by atoms with E-state index < -0.39 is 18.1 Å². The van der Waals surface area contributed by atoms with E-state index in [1.807, 2.05) is 0 Å². The third kappa shape index (κ3) is 3.91. The first-order valence-electron chi connectivity index (χ1n) is 7.03. The van der Waals surface area contributed by atoms with Crippen LogP contribution in [0, 0.1) is 5.92 Å². The summed E-state index contributed by atoms with van der Waals surface area (Å²) in [7, 11) is 0. The number of carbonyl (C=O) groups excluding carboxylic acids is 1. The van der Waals surface area contributed by atoms with E-state index in [0.29, 0.717) is 19.8 Å². The molecule has 0 aromatic rings. The summed E-state index contributed by atoms with van der Waals surface area (Å²) >= 11 is 0. The van der Waals surface area contributed by atoms with Gasteiger partial charge >= 0.3 is 5.97 Å². The summed E-state index contributed by atoms with van der Waals surface area (Å²) in [5, 5.41) is 15.0. The zero-order valence-electron chi connectivity index (χ0n) is 11.1. The number of aliphatic carboxylic acids is 1. The lowest BCUT2D eigenvalue weighted by atomic mass is 9.84. The Morgan fingerprint density at radius 1 is 1.26 bits per heavy atom. The molecule has 1 heterocycles. The molecule has 108 valence electrons. The van der Waals surface area contributed by atoms with Gasteiger partial charge in [-0.15, -0.1) is 0 Å². The molecule has 1 aliphatic heterocycles. The Labute approximate surface area is 112 Å². The number of carboxylic acid groups (broad SMARTS) is 1. The van der Waals surface area contributed by atoms with E-state index in [0.717, 1.165) is 32.1 Å². The molecule has 2 unspecified atom stereocenters. The van der Waals surface area contributed by atoms with Gasteiger partial charge < -0.3 is 20.5 Å². The van der Waals surface area contributed by atoms with Gasteiger partial charge in [0.1, 0.15) is 12.1 Å². The molecule has 2 aliphatic rings. The number of amides is 1. The number of ether oxygens (including phenoxy) is 1. The van der Waals surface area contributed by atoms with Gasteiger partial charge in [-0.05, 0) is 18.8 Å². The maximum Gasteiger partial charge on any atom is 0.326 e. The van der Waals surface area contributed by atoms with Gasteiger partial charge in [-0.3, -0.25) is 4.79 Å². The van der Waals surface area contributed by atoms with Crippen molar-refractivity contribution < 1.29 is 19.4 Å². The summed E-state index contributed by atoms with van der Waals surface area (Å²) < 4.78 is 5.22. The molecule has 6 heteroatoms. The molecule has 2 rings (SSSR count). The van der Waals surface area contributed by atoms with Gasteiger partial charge in [0.2, 0.25) is 5.91 Å². The van der Waals surface area contributed by atoms with Crippen molar-refractivity contribution in [3.63, 3.8) is 0 Å². The van der Waals surface area contributed by atoms with E-state index in [2.05, 4.69) is 10.6 Å². The van der Waals surface area contributed by atoms with Crippen molar-refractivity contribution in [2.75, 3.05) is 19.8 Å².